The van der Waals surface area contributed by atoms with Gasteiger partial charge in [0.1, 0.15) is 6.07 Å². The Morgan fingerprint density at radius 1 is 0.682 bits per heavy atom. The smallest absolute Gasteiger partial charge is 0.212 e. The summed E-state index contributed by atoms with van der Waals surface area (Å²) in [7, 11) is 0. The third-order valence-corrected chi connectivity index (χ3v) is 6.03. The lowest BCUT2D eigenvalue weighted by atomic mass is 9.98. The van der Waals surface area contributed by atoms with E-state index in [1.807, 2.05) is 6.07 Å². The molecule has 196 valence electrons. The highest BCUT2D eigenvalue weighted by Crippen LogP contribution is 2.34. The van der Waals surface area contributed by atoms with Crippen molar-refractivity contribution in [1.82, 2.24) is 19.9 Å². The number of nitriles is 4. The van der Waals surface area contributed by atoms with Crippen molar-refractivity contribution in [2.75, 3.05) is 0 Å². The average Bonchev–Trinajstić information content (AvgIpc) is 3.09. The van der Waals surface area contributed by atoms with Crippen molar-refractivity contribution < 1.29 is 5.48 Å². The predicted octanol–water partition coefficient (Wildman–Crippen LogP) is 4.64. The number of benzene rings is 3. The molecule has 44 heavy (non-hydrogen) atoms. The fourth-order valence-electron chi connectivity index (χ4n) is 4.18. The highest BCUT2D eigenvalue weighted by molar-refractivity contribution is 5.93. The van der Waals surface area contributed by atoms with Crippen molar-refractivity contribution in [2.45, 2.75) is 0 Å². The Morgan fingerprint density at radius 3 is 1.82 bits per heavy atom. The Hall–Kier alpha value is -8.00. The summed E-state index contributed by atoms with van der Waals surface area (Å²) in [6.45, 7) is 30.2. The molecule has 0 atom stereocenters. The Bertz CT molecular complexity index is 2550. The Balaban J connectivity index is 1.82. The highest BCUT2D eigenvalue weighted by atomic mass is 14.8. The van der Waals surface area contributed by atoms with Gasteiger partial charge in [-0.1, -0.05) is 6.04 Å². The third kappa shape index (κ3) is 4.57. The van der Waals surface area contributed by atoms with E-state index >= 15 is 0 Å². The van der Waals surface area contributed by atoms with Crippen LogP contribution >= 0.6 is 0 Å². The topological polar surface area (TPSA) is 164 Å². The Morgan fingerprint density at radius 2 is 1.27 bits per heavy atom. The van der Waals surface area contributed by atoms with Gasteiger partial charge in [0.2, 0.25) is 5.70 Å². The first-order valence-corrected chi connectivity index (χ1v) is 11.8. The number of aromatic nitrogens is 4. The van der Waals surface area contributed by atoms with Crippen molar-refractivity contribution in [2.24, 2.45) is 0 Å². The lowest BCUT2D eigenvalue weighted by molar-refractivity contribution is 1.19. The molecule has 0 amide bonds. The lowest BCUT2D eigenvalue weighted by Crippen LogP contribution is -2.15. The molecule has 12 nitrogen and oxygen atoms in total. The van der Waals surface area contributed by atoms with Crippen LogP contribution in [0.3, 0.4) is 0 Å². The van der Waals surface area contributed by atoms with E-state index in [1.165, 1.54) is 24.5 Å². The largest absolute Gasteiger partial charge is 0.257 e. The van der Waals surface area contributed by atoms with E-state index in [0.717, 1.165) is 0 Å². The zero-order valence-electron chi connectivity index (χ0n) is 25.7. The van der Waals surface area contributed by atoms with Gasteiger partial charge in [0.25, 0.3) is 0 Å². The molecule has 0 N–H and O–H groups in total. The van der Waals surface area contributed by atoms with Gasteiger partial charge in [0, 0.05) is 35.4 Å². The van der Waals surface area contributed by atoms with E-state index in [-0.39, 0.29) is 55.2 Å². The number of hydrogen-bond acceptors (Lipinski definition) is 8. The SMILES string of the molecule is [2H]c1c(C#N)c([2H])c([N+]#[C-])c(/C([N+]#[C-])=c2\cnc3cc4n/c(=C(\C#N)c5c(C#N)c([2H])c([N+]#[C-])c([2H])c5[N+]#[C-])cnc4cc3n2)c1C#N. The summed E-state index contributed by atoms with van der Waals surface area (Å²) in [6.07, 6.45) is 2.35. The Kier molecular flexibility index (Phi) is 5.82. The van der Waals surface area contributed by atoms with Crippen LogP contribution in [0.4, 0.5) is 17.1 Å². The zero-order valence-corrected chi connectivity index (χ0v) is 21.7. The summed E-state index contributed by atoms with van der Waals surface area (Å²) in [5, 5.41) is 38.8. The summed E-state index contributed by atoms with van der Waals surface area (Å²) in [5.41, 5.74) is -3.25. The molecular formula is C32H8N12. The summed E-state index contributed by atoms with van der Waals surface area (Å²) < 4.78 is 33.0. The molecule has 12 heteroatoms. The van der Waals surface area contributed by atoms with E-state index in [1.54, 1.807) is 18.2 Å². The maximum Gasteiger partial charge on any atom is 0.212 e. The van der Waals surface area contributed by atoms with Gasteiger partial charge in [-0.2, -0.15) is 21.0 Å². The summed E-state index contributed by atoms with van der Waals surface area (Å²) >= 11 is 0. The summed E-state index contributed by atoms with van der Waals surface area (Å²) in [6, 6.07) is 7.56. The molecule has 0 aliphatic heterocycles. The van der Waals surface area contributed by atoms with Crippen LogP contribution in [0.1, 0.15) is 33.3 Å². The van der Waals surface area contributed by atoms with Crippen molar-refractivity contribution in [3.05, 3.63) is 133 Å². The quantitative estimate of drug-likeness (QED) is 0.221. The first-order chi connectivity index (χ1) is 23.1. The van der Waals surface area contributed by atoms with Crippen molar-refractivity contribution in [1.29, 1.82) is 21.0 Å². The second-order valence-electron chi connectivity index (χ2n) is 8.38. The molecule has 0 aliphatic carbocycles. The lowest BCUT2D eigenvalue weighted by Gasteiger charge is -2.07. The van der Waals surface area contributed by atoms with Crippen LogP contribution < -0.4 is 10.7 Å². The second kappa shape index (κ2) is 11.2. The minimum absolute atomic E-state index is 0.0950. The van der Waals surface area contributed by atoms with Crippen LogP contribution in [0.25, 0.3) is 52.7 Å². The van der Waals surface area contributed by atoms with Crippen molar-refractivity contribution >= 4 is 50.4 Å². The summed E-state index contributed by atoms with van der Waals surface area (Å²) in [4.78, 5) is 30.7. The number of hydrogen-bond donors (Lipinski definition) is 0. The average molecular weight is 565 g/mol. The molecule has 5 aromatic rings. The molecular weight excluding hydrogens is 552 g/mol. The van der Waals surface area contributed by atoms with Gasteiger partial charge in [0.15, 0.2) is 17.1 Å². The van der Waals surface area contributed by atoms with Crippen LogP contribution in [-0.2, 0) is 0 Å². The molecule has 0 aliphatic rings. The van der Waals surface area contributed by atoms with Crippen molar-refractivity contribution in [3.8, 4) is 24.3 Å². The maximum atomic E-state index is 10.1. The molecule has 0 saturated heterocycles. The van der Waals surface area contributed by atoms with Crippen LogP contribution in [0.15, 0.2) is 48.7 Å². The van der Waals surface area contributed by atoms with Gasteiger partial charge in [-0.3, -0.25) is 15.0 Å². The number of fused-ring (bicyclic) bond motifs is 2. The minimum Gasteiger partial charge on any atom is -0.257 e. The maximum absolute atomic E-state index is 10.1. The van der Waals surface area contributed by atoms with Gasteiger partial charge in [-0.25, -0.2) is 24.4 Å². The fraction of sp³-hybridized carbons (Fsp3) is 0. The monoisotopic (exact) mass is 564 g/mol. The molecule has 2 heterocycles. The van der Waals surface area contributed by atoms with Gasteiger partial charge in [0.05, 0.1) is 93.1 Å². The Labute approximate surface area is 254 Å². The van der Waals surface area contributed by atoms with E-state index in [4.69, 9.17) is 31.8 Å². The van der Waals surface area contributed by atoms with E-state index in [2.05, 4.69) is 39.3 Å². The second-order valence-corrected chi connectivity index (χ2v) is 8.38. The predicted molar refractivity (Wildman–Crippen MR) is 155 cm³/mol. The molecule has 0 bridgehead atoms. The molecule has 5 rings (SSSR count). The molecule has 2 aromatic heterocycles. The van der Waals surface area contributed by atoms with Crippen LogP contribution in [0, 0.1) is 71.6 Å². The van der Waals surface area contributed by atoms with Gasteiger partial charge >= 0.3 is 0 Å². The van der Waals surface area contributed by atoms with Crippen LogP contribution in [-0.4, -0.2) is 19.9 Å². The molecule has 0 radical (unpaired) electrons. The van der Waals surface area contributed by atoms with Gasteiger partial charge in [-0.05, 0) is 30.3 Å². The van der Waals surface area contributed by atoms with Crippen LogP contribution in [0.5, 0.6) is 0 Å². The van der Waals surface area contributed by atoms with Crippen LogP contribution in [0.2, 0.25) is 0 Å². The molecule has 0 spiro atoms. The number of rotatable bonds is 2. The molecule has 0 saturated carbocycles. The fourth-order valence-corrected chi connectivity index (χ4v) is 4.18. The van der Waals surface area contributed by atoms with Crippen molar-refractivity contribution in [3.63, 3.8) is 0 Å². The first kappa shape index (κ1) is 22.8. The first-order valence-electron chi connectivity index (χ1n) is 13.8. The zero-order chi connectivity index (χ0) is 34.9. The van der Waals surface area contributed by atoms with E-state index in [9.17, 15) is 21.0 Å². The van der Waals surface area contributed by atoms with E-state index < -0.39 is 57.9 Å². The van der Waals surface area contributed by atoms with Gasteiger partial charge in [-0.15, -0.1) is 0 Å². The van der Waals surface area contributed by atoms with E-state index in [0.29, 0.717) is 0 Å². The minimum atomic E-state index is -0.600. The molecule has 0 fully saturated rings. The molecule has 3 aromatic carbocycles. The normalized spacial score (nSPS) is 12.5. The highest BCUT2D eigenvalue weighted by Gasteiger charge is 2.19. The standard InChI is InChI=1S/C32H8N12/c1-37-20-7-19(13-35)30(27(8-20)39-3)21(14-36)28-15-41-22-10-25-23(9-24(22)43-28)42-16-29(44-25)32(40-4)31-18(12-34)5-17(11-33)6-26(31)38-2/h5-10,15-16H/b28-21+,32-29-/i5D,6D,7D,8D. The third-order valence-electron chi connectivity index (χ3n) is 6.03. The molecule has 0 unspecified atom stereocenters. The van der Waals surface area contributed by atoms with Gasteiger partial charge < -0.3 is 0 Å². The number of nitrogens with zero attached hydrogens (tertiary/aromatic N) is 12. The summed E-state index contributed by atoms with van der Waals surface area (Å²) in [5.74, 6) is 0.